The van der Waals surface area contributed by atoms with Crippen LogP contribution in [0.15, 0.2) is 60.7 Å². The van der Waals surface area contributed by atoms with Crippen molar-refractivity contribution in [3.63, 3.8) is 0 Å². The fourth-order valence-electron chi connectivity index (χ4n) is 1.82. The summed E-state index contributed by atoms with van der Waals surface area (Å²) in [5.74, 6) is -1.52. The molecule has 0 fully saturated rings. The van der Waals surface area contributed by atoms with E-state index in [0.29, 0.717) is 11.4 Å². The van der Waals surface area contributed by atoms with Crippen LogP contribution in [-0.2, 0) is 14.4 Å². The minimum Gasteiger partial charge on any atom is -0.274 e. The third-order valence-electron chi connectivity index (χ3n) is 2.74. The first-order chi connectivity index (χ1) is 10.2. The molecular formula is C16H16N2O3. The Morgan fingerprint density at radius 1 is 0.952 bits per heavy atom. The first-order valence-electron chi connectivity index (χ1n) is 6.60. The van der Waals surface area contributed by atoms with Crippen LogP contribution in [0.1, 0.15) is 6.92 Å². The molecule has 0 bridgehead atoms. The van der Waals surface area contributed by atoms with Crippen molar-refractivity contribution in [2.75, 3.05) is 11.5 Å². The number of rotatable bonds is 4. The summed E-state index contributed by atoms with van der Waals surface area (Å²) in [5, 5.41) is 0. The highest BCUT2D eigenvalue weighted by molar-refractivity contribution is 6.41. The van der Waals surface area contributed by atoms with Crippen molar-refractivity contribution in [3.05, 3.63) is 60.7 Å². The highest BCUT2D eigenvalue weighted by Crippen LogP contribution is 2.24. The van der Waals surface area contributed by atoms with E-state index >= 15 is 0 Å². The van der Waals surface area contributed by atoms with Crippen LogP contribution in [0.25, 0.3) is 0 Å². The van der Waals surface area contributed by atoms with Gasteiger partial charge in [0.2, 0.25) is 0 Å². The van der Waals surface area contributed by atoms with E-state index < -0.39 is 11.8 Å². The number of hydrogen-bond acceptors (Lipinski definition) is 3. The summed E-state index contributed by atoms with van der Waals surface area (Å²) in [5.41, 5.74) is 3.34. The minimum absolute atomic E-state index is 0.287. The Kier molecular flexibility index (Phi) is 5.06. The molecule has 0 atom stereocenters. The first kappa shape index (κ1) is 14.7. The number of hydroxylamine groups is 1. The molecule has 0 unspecified atom stereocenters. The molecule has 0 spiro atoms. The molecule has 2 rings (SSSR count). The van der Waals surface area contributed by atoms with Gasteiger partial charge in [-0.15, -0.1) is 0 Å². The van der Waals surface area contributed by atoms with Gasteiger partial charge in [0.05, 0.1) is 6.61 Å². The summed E-state index contributed by atoms with van der Waals surface area (Å²) < 4.78 is 0. The van der Waals surface area contributed by atoms with Crippen LogP contribution >= 0.6 is 0 Å². The first-order valence-corrected chi connectivity index (χ1v) is 6.60. The number of nitrogens with one attached hydrogen (secondary N) is 1. The van der Waals surface area contributed by atoms with Gasteiger partial charge < -0.3 is 0 Å². The lowest BCUT2D eigenvalue weighted by molar-refractivity contribution is -0.145. The van der Waals surface area contributed by atoms with E-state index in [9.17, 15) is 9.59 Å². The molecule has 1 N–H and O–H groups in total. The van der Waals surface area contributed by atoms with Gasteiger partial charge in [0.15, 0.2) is 0 Å². The molecule has 5 heteroatoms. The summed E-state index contributed by atoms with van der Waals surface area (Å²) in [6.07, 6.45) is 0. The maximum Gasteiger partial charge on any atom is 0.333 e. The number of nitrogens with zero attached hydrogens (tertiary/aromatic N) is 1. The predicted molar refractivity (Wildman–Crippen MR) is 79.8 cm³/mol. The van der Waals surface area contributed by atoms with Crippen molar-refractivity contribution in [2.24, 2.45) is 0 Å². The fraction of sp³-hybridized carbons (Fsp3) is 0.125. The highest BCUT2D eigenvalue weighted by atomic mass is 16.6. The summed E-state index contributed by atoms with van der Waals surface area (Å²) in [6.45, 7) is 2.01. The van der Waals surface area contributed by atoms with Crippen molar-refractivity contribution >= 4 is 23.2 Å². The predicted octanol–water partition coefficient (Wildman–Crippen LogP) is 2.42. The van der Waals surface area contributed by atoms with Gasteiger partial charge in [-0.25, -0.2) is 5.48 Å². The fourth-order valence-corrected chi connectivity index (χ4v) is 1.82. The molecule has 0 aromatic heterocycles. The van der Waals surface area contributed by atoms with Gasteiger partial charge in [0.1, 0.15) is 0 Å². The van der Waals surface area contributed by atoms with E-state index in [-0.39, 0.29) is 6.61 Å². The monoisotopic (exact) mass is 284 g/mol. The molecule has 5 nitrogen and oxygen atoms in total. The molecule has 0 aliphatic carbocycles. The Morgan fingerprint density at radius 3 is 1.86 bits per heavy atom. The van der Waals surface area contributed by atoms with Crippen LogP contribution in [0.4, 0.5) is 11.4 Å². The smallest absolute Gasteiger partial charge is 0.274 e. The number of carbonyl (C=O) groups is 2. The van der Waals surface area contributed by atoms with Gasteiger partial charge >= 0.3 is 11.8 Å². The van der Waals surface area contributed by atoms with Crippen molar-refractivity contribution in [3.8, 4) is 0 Å². The third-order valence-corrected chi connectivity index (χ3v) is 2.74. The molecule has 2 aromatic rings. The normalized spacial score (nSPS) is 9.95. The number of amides is 2. The second-order valence-corrected chi connectivity index (χ2v) is 4.18. The second kappa shape index (κ2) is 7.21. The van der Waals surface area contributed by atoms with Crippen LogP contribution in [0.3, 0.4) is 0 Å². The average molecular weight is 284 g/mol. The summed E-state index contributed by atoms with van der Waals surface area (Å²) in [4.78, 5) is 30.4. The van der Waals surface area contributed by atoms with Crippen LogP contribution in [0, 0.1) is 0 Å². The molecular weight excluding hydrogens is 268 g/mol. The largest absolute Gasteiger partial charge is 0.333 e. The summed E-state index contributed by atoms with van der Waals surface area (Å²) >= 11 is 0. The second-order valence-electron chi connectivity index (χ2n) is 4.18. The number of hydrogen-bond donors (Lipinski definition) is 1. The lowest BCUT2D eigenvalue weighted by Gasteiger charge is -2.22. The van der Waals surface area contributed by atoms with Crippen molar-refractivity contribution in [1.82, 2.24) is 5.48 Å². The van der Waals surface area contributed by atoms with Gasteiger partial charge in [-0.1, -0.05) is 36.4 Å². The van der Waals surface area contributed by atoms with Gasteiger partial charge in [0.25, 0.3) is 0 Å². The number of para-hydroxylation sites is 2. The zero-order valence-corrected chi connectivity index (χ0v) is 11.7. The molecule has 0 heterocycles. The van der Waals surface area contributed by atoms with Gasteiger partial charge in [0, 0.05) is 11.4 Å². The van der Waals surface area contributed by atoms with E-state index in [1.807, 2.05) is 12.1 Å². The molecule has 0 saturated carbocycles. The Balaban J connectivity index is 2.33. The van der Waals surface area contributed by atoms with Crippen molar-refractivity contribution in [1.29, 1.82) is 0 Å². The lowest BCUT2D eigenvalue weighted by atomic mass is 10.2. The van der Waals surface area contributed by atoms with Gasteiger partial charge in [-0.05, 0) is 31.2 Å². The molecule has 108 valence electrons. The van der Waals surface area contributed by atoms with Gasteiger partial charge in [-0.3, -0.25) is 19.3 Å². The van der Waals surface area contributed by atoms with E-state index in [4.69, 9.17) is 4.84 Å². The number of carbonyl (C=O) groups excluding carboxylic acids is 2. The summed E-state index contributed by atoms with van der Waals surface area (Å²) in [6, 6.07) is 18.0. The Labute approximate surface area is 123 Å². The van der Waals surface area contributed by atoms with E-state index in [1.165, 1.54) is 4.90 Å². The zero-order chi connectivity index (χ0) is 15.1. The zero-order valence-electron chi connectivity index (χ0n) is 11.7. The Hall–Kier alpha value is -2.66. The van der Waals surface area contributed by atoms with Crippen LogP contribution < -0.4 is 10.4 Å². The highest BCUT2D eigenvalue weighted by Gasteiger charge is 2.24. The molecule has 0 aliphatic heterocycles. The molecule has 21 heavy (non-hydrogen) atoms. The Morgan fingerprint density at radius 2 is 1.43 bits per heavy atom. The van der Waals surface area contributed by atoms with Crippen LogP contribution in [0.2, 0.25) is 0 Å². The standard InChI is InChI=1S/C16H16N2O3/c1-2-21-17-15(19)16(20)18(13-9-5-3-6-10-13)14-11-7-4-8-12-14/h3-12H,2H2,1H3,(H,17,19). The maximum atomic E-state index is 12.4. The van der Waals surface area contributed by atoms with E-state index in [0.717, 1.165) is 0 Å². The SMILES string of the molecule is CCONC(=O)C(=O)N(c1ccccc1)c1ccccc1. The third kappa shape index (κ3) is 3.67. The Bertz CT molecular complexity index is 560. The minimum atomic E-state index is -0.815. The molecule has 0 aliphatic rings. The molecule has 0 saturated heterocycles. The van der Waals surface area contributed by atoms with E-state index in [1.54, 1.807) is 55.5 Å². The molecule has 2 aromatic carbocycles. The van der Waals surface area contributed by atoms with Crippen LogP contribution in [-0.4, -0.2) is 18.4 Å². The number of anilines is 2. The van der Waals surface area contributed by atoms with Gasteiger partial charge in [-0.2, -0.15) is 0 Å². The maximum absolute atomic E-state index is 12.4. The molecule has 2 amide bonds. The van der Waals surface area contributed by atoms with Crippen LogP contribution in [0.5, 0.6) is 0 Å². The average Bonchev–Trinajstić information content (AvgIpc) is 2.54. The number of benzene rings is 2. The van der Waals surface area contributed by atoms with E-state index in [2.05, 4.69) is 5.48 Å². The lowest BCUT2D eigenvalue weighted by Crippen LogP contribution is -2.40. The van der Waals surface area contributed by atoms with Crippen molar-refractivity contribution < 1.29 is 14.4 Å². The summed E-state index contributed by atoms with van der Waals surface area (Å²) in [7, 11) is 0. The van der Waals surface area contributed by atoms with Crippen molar-refractivity contribution in [2.45, 2.75) is 6.92 Å². The topological polar surface area (TPSA) is 58.6 Å². The molecule has 0 radical (unpaired) electrons. The quantitative estimate of drug-likeness (QED) is 0.693.